The Bertz CT molecular complexity index is 565. The van der Waals surface area contributed by atoms with E-state index in [-0.39, 0.29) is 15.8 Å². The Morgan fingerprint density at radius 2 is 2.26 bits per heavy atom. The minimum Gasteiger partial charge on any atom is -0.319 e. The van der Waals surface area contributed by atoms with Crippen LogP contribution in [0, 0.1) is 11.7 Å². The molecule has 0 radical (unpaired) electrons. The van der Waals surface area contributed by atoms with E-state index in [0.717, 1.165) is 25.1 Å². The molecule has 1 fully saturated rings. The van der Waals surface area contributed by atoms with Gasteiger partial charge < -0.3 is 5.32 Å². The first-order valence-electron chi connectivity index (χ1n) is 6.05. The normalized spacial score (nSPS) is 20.9. The van der Waals surface area contributed by atoms with Crippen LogP contribution in [0.2, 0.25) is 5.02 Å². The summed E-state index contributed by atoms with van der Waals surface area (Å²) in [5.41, 5.74) is 0. The highest BCUT2D eigenvalue weighted by Crippen LogP contribution is 2.27. The summed E-state index contributed by atoms with van der Waals surface area (Å²) >= 11 is 5.75. The topological polar surface area (TPSA) is 49.4 Å². The summed E-state index contributed by atoms with van der Waals surface area (Å²) in [6.07, 6.45) is 0.780. The number of rotatable bonds is 4. The van der Waals surface area contributed by atoms with Crippen LogP contribution in [-0.4, -0.2) is 39.4 Å². The van der Waals surface area contributed by atoms with E-state index in [1.165, 1.54) is 10.4 Å². The molecule has 4 nitrogen and oxygen atoms in total. The van der Waals surface area contributed by atoms with Gasteiger partial charge in [0.25, 0.3) is 0 Å². The van der Waals surface area contributed by atoms with Crippen LogP contribution in [0.1, 0.15) is 6.42 Å². The second-order valence-electron chi connectivity index (χ2n) is 4.65. The maximum atomic E-state index is 13.7. The van der Waals surface area contributed by atoms with Crippen molar-refractivity contribution in [1.29, 1.82) is 0 Å². The molecule has 2 rings (SSSR count). The van der Waals surface area contributed by atoms with Crippen molar-refractivity contribution >= 4 is 21.6 Å². The lowest BCUT2D eigenvalue weighted by molar-refractivity contribution is 0.446. The molecule has 0 amide bonds. The first-order valence-corrected chi connectivity index (χ1v) is 7.86. The minimum atomic E-state index is -3.80. The molecular formula is C12H16ClFN2O2S. The summed E-state index contributed by atoms with van der Waals surface area (Å²) in [6, 6.07) is 3.58. The molecule has 0 saturated carbocycles. The monoisotopic (exact) mass is 306 g/mol. The highest BCUT2D eigenvalue weighted by Gasteiger charge is 2.33. The van der Waals surface area contributed by atoms with Gasteiger partial charge in [-0.1, -0.05) is 11.6 Å². The van der Waals surface area contributed by atoms with Crippen LogP contribution >= 0.6 is 11.6 Å². The lowest BCUT2D eigenvalue weighted by atomic mass is 10.1. The Morgan fingerprint density at radius 1 is 1.53 bits per heavy atom. The van der Waals surface area contributed by atoms with Crippen molar-refractivity contribution in [2.24, 2.45) is 5.92 Å². The molecule has 7 heteroatoms. The number of nitrogens with one attached hydrogen (secondary N) is 1. The van der Waals surface area contributed by atoms with Crippen LogP contribution in [0.3, 0.4) is 0 Å². The predicted octanol–water partition coefficient (Wildman–Crippen LogP) is 1.71. The van der Waals surface area contributed by atoms with Crippen LogP contribution in [-0.2, 0) is 10.0 Å². The Kier molecular flexibility index (Phi) is 4.45. The standard InChI is InChI=1S/C12H16ClFN2O2S/c1-15-7-9-4-5-16(8-9)19(17,18)12-6-10(13)2-3-11(12)14/h2-3,6,9,15H,4-5,7-8H2,1H3. The molecule has 0 aliphatic carbocycles. The van der Waals surface area contributed by atoms with E-state index in [9.17, 15) is 12.8 Å². The lowest BCUT2D eigenvalue weighted by Crippen LogP contribution is -2.31. The molecule has 1 aliphatic heterocycles. The van der Waals surface area contributed by atoms with E-state index in [2.05, 4.69) is 5.32 Å². The van der Waals surface area contributed by atoms with Crippen molar-refractivity contribution in [3.63, 3.8) is 0 Å². The Labute approximate surface area is 117 Å². The third kappa shape index (κ3) is 3.08. The van der Waals surface area contributed by atoms with Crippen LogP contribution in [0.4, 0.5) is 4.39 Å². The van der Waals surface area contributed by atoms with Gasteiger partial charge in [0.15, 0.2) is 0 Å². The van der Waals surface area contributed by atoms with Gasteiger partial charge in [-0.05, 0) is 44.1 Å². The van der Waals surface area contributed by atoms with Gasteiger partial charge in [0.2, 0.25) is 10.0 Å². The SMILES string of the molecule is CNCC1CCN(S(=O)(=O)c2cc(Cl)ccc2F)C1. The van der Waals surface area contributed by atoms with Gasteiger partial charge in [-0.15, -0.1) is 0 Å². The predicted molar refractivity (Wildman–Crippen MR) is 72.2 cm³/mol. The van der Waals surface area contributed by atoms with Crippen molar-refractivity contribution < 1.29 is 12.8 Å². The van der Waals surface area contributed by atoms with E-state index < -0.39 is 15.8 Å². The Hall–Kier alpha value is -0.690. The lowest BCUT2D eigenvalue weighted by Gasteiger charge is -2.17. The molecule has 1 aliphatic rings. The fourth-order valence-corrected chi connectivity index (χ4v) is 4.14. The molecule has 1 heterocycles. The van der Waals surface area contributed by atoms with E-state index in [0.29, 0.717) is 13.1 Å². The zero-order chi connectivity index (χ0) is 14.0. The zero-order valence-electron chi connectivity index (χ0n) is 10.6. The third-order valence-electron chi connectivity index (χ3n) is 3.25. The Morgan fingerprint density at radius 3 is 2.95 bits per heavy atom. The molecule has 1 N–H and O–H groups in total. The average molecular weight is 307 g/mol. The molecular weight excluding hydrogens is 291 g/mol. The molecule has 19 heavy (non-hydrogen) atoms. The summed E-state index contributed by atoms with van der Waals surface area (Å²) in [5, 5.41) is 3.24. The molecule has 0 aromatic heterocycles. The second-order valence-corrected chi connectivity index (χ2v) is 6.99. The number of nitrogens with zero attached hydrogens (tertiary/aromatic N) is 1. The molecule has 1 atom stereocenters. The second kappa shape index (κ2) is 5.75. The van der Waals surface area contributed by atoms with Gasteiger partial charge in [-0.25, -0.2) is 12.8 Å². The first kappa shape index (κ1) is 14.7. The fraction of sp³-hybridized carbons (Fsp3) is 0.500. The summed E-state index contributed by atoms with van der Waals surface area (Å²) in [7, 11) is -1.97. The third-order valence-corrected chi connectivity index (χ3v) is 5.37. The van der Waals surface area contributed by atoms with Crippen LogP contribution < -0.4 is 5.32 Å². The van der Waals surface area contributed by atoms with Gasteiger partial charge >= 0.3 is 0 Å². The summed E-state index contributed by atoms with van der Waals surface area (Å²) in [4.78, 5) is -0.342. The van der Waals surface area contributed by atoms with Gasteiger partial charge in [0.05, 0.1) is 0 Å². The van der Waals surface area contributed by atoms with E-state index in [1.807, 2.05) is 7.05 Å². The highest BCUT2D eigenvalue weighted by atomic mass is 35.5. The van der Waals surface area contributed by atoms with Crippen LogP contribution in [0.25, 0.3) is 0 Å². The van der Waals surface area contributed by atoms with Gasteiger partial charge in [-0.2, -0.15) is 4.31 Å². The largest absolute Gasteiger partial charge is 0.319 e. The maximum Gasteiger partial charge on any atom is 0.246 e. The van der Waals surface area contributed by atoms with Gasteiger partial charge in [0.1, 0.15) is 10.7 Å². The molecule has 1 unspecified atom stereocenters. The minimum absolute atomic E-state index is 0.214. The smallest absolute Gasteiger partial charge is 0.246 e. The molecule has 106 valence electrons. The number of hydrogen-bond acceptors (Lipinski definition) is 3. The summed E-state index contributed by atoms with van der Waals surface area (Å²) in [5.74, 6) is -0.497. The number of halogens is 2. The fourth-order valence-electron chi connectivity index (χ4n) is 2.28. The Balaban J connectivity index is 2.26. The highest BCUT2D eigenvalue weighted by molar-refractivity contribution is 7.89. The van der Waals surface area contributed by atoms with Crippen LogP contribution in [0.15, 0.2) is 23.1 Å². The maximum absolute atomic E-state index is 13.7. The molecule has 0 bridgehead atoms. The van der Waals surface area contributed by atoms with Crippen LogP contribution in [0.5, 0.6) is 0 Å². The van der Waals surface area contributed by atoms with Crippen molar-refractivity contribution in [3.05, 3.63) is 29.0 Å². The first-order chi connectivity index (χ1) is 8.95. The van der Waals surface area contributed by atoms with E-state index in [1.54, 1.807) is 0 Å². The van der Waals surface area contributed by atoms with Gasteiger partial charge in [-0.3, -0.25) is 0 Å². The zero-order valence-corrected chi connectivity index (χ0v) is 12.1. The molecule has 1 aromatic carbocycles. The quantitative estimate of drug-likeness (QED) is 0.921. The van der Waals surface area contributed by atoms with Crippen molar-refractivity contribution in [1.82, 2.24) is 9.62 Å². The van der Waals surface area contributed by atoms with E-state index >= 15 is 0 Å². The van der Waals surface area contributed by atoms with Crippen molar-refractivity contribution in [2.45, 2.75) is 11.3 Å². The molecule has 0 spiro atoms. The van der Waals surface area contributed by atoms with Gasteiger partial charge in [0, 0.05) is 18.1 Å². The van der Waals surface area contributed by atoms with Crippen molar-refractivity contribution in [2.75, 3.05) is 26.7 Å². The summed E-state index contributed by atoms with van der Waals surface area (Å²) < 4.78 is 39.7. The number of benzene rings is 1. The van der Waals surface area contributed by atoms with E-state index in [4.69, 9.17) is 11.6 Å². The number of sulfonamides is 1. The molecule has 1 aromatic rings. The van der Waals surface area contributed by atoms with Crippen molar-refractivity contribution in [3.8, 4) is 0 Å². The average Bonchev–Trinajstić information content (AvgIpc) is 2.82. The summed E-state index contributed by atoms with van der Waals surface area (Å²) in [6.45, 7) is 1.58. The molecule has 1 saturated heterocycles. The number of hydrogen-bond donors (Lipinski definition) is 1.